The number of pyridine rings is 1. The number of amides is 1. The monoisotopic (exact) mass is 247 g/mol. The van der Waals surface area contributed by atoms with Crippen molar-refractivity contribution < 1.29 is 14.7 Å². The maximum Gasteiger partial charge on any atom is 0.305 e. The van der Waals surface area contributed by atoms with E-state index < -0.39 is 12.0 Å². The summed E-state index contributed by atoms with van der Waals surface area (Å²) in [5.74, 6) is -1.26. The fourth-order valence-corrected chi connectivity index (χ4v) is 1.77. The highest BCUT2D eigenvalue weighted by Crippen LogP contribution is 2.16. The van der Waals surface area contributed by atoms with Gasteiger partial charge in [0.05, 0.1) is 18.2 Å². The summed E-state index contributed by atoms with van der Waals surface area (Å²) in [6.07, 6.45) is 3.35. The lowest BCUT2D eigenvalue weighted by molar-refractivity contribution is -0.137. The van der Waals surface area contributed by atoms with Gasteiger partial charge in [0.2, 0.25) is 5.91 Å². The van der Waals surface area contributed by atoms with Crippen LogP contribution in [0.3, 0.4) is 0 Å². The molecule has 2 N–H and O–H groups in total. The van der Waals surface area contributed by atoms with Crippen molar-refractivity contribution in [3.05, 3.63) is 36.3 Å². The first-order chi connectivity index (χ1) is 8.56. The molecule has 0 saturated carbocycles. The van der Waals surface area contributed by atoms with Gasteiger partial charge in [-0.1, -0.05) is 6.07 Å². The number of carbonyl (C=O) groups excluding carboxylic acids is 1. The lowest BCUT2D eigenvalue weighted by Crippen LogP contribution is -2.28. The Labute approximate surface area is 103 Å². The van der Waals surface area contributed by atoms with Crippen molar-refractivity contribution in [2.75, 3.05) is 0 Å². The molecule has 0 aromatic carbocycles. The third-order valence-corrected chi connectivity index (χ3v) is 2.50. The number of hydrogen-bond donors (Lipinski definition) is 2. The van der Waals surface area contributed by atoms with Crippen molar-refractivity contribution in [1.29, 1.82) is 0 Å². The molecule has 94 valence electrons. The van der Waals surface area contributed by atoms with Crippen LogP contribution in [0.2, 0.25) is 0 Å². The number of carboxylic acid groups (broad SMARTS) is 1. The van der Waals surface area contributed by atoms with E-state index >= 15 is 0 Å². The second-order valence-corrected chi connectivity index (χ2v) is 3.98. The minimum atomic E-state index is -0.981. The van der Waals surface area contributed by atoms with Crippen LogP contribution < -0.4 is 5.32 Å². The molecule has 1 atom stereocenters. The van der Waals surface area contributed by atoms with E-state index in [9.17, 15) is 9.59 Å². The number of carbonyl (C=O) groups is 2. The lowest BCUT2D eigenvalue weighted by Gasteiger charge is -2.12. The third kappa shape index (κ3) is 2.65. The third-order valence-electron chi connectivity index (χ3n) is 2.50. The fraction of sp³-hybridized carbons (Fsp3) is 0.250. The average Bonchev–Trinajstić information content (AvgIpc) is 2.70. The number of nitrogens with one attached hydrogen (secondary N) is 1. The molecule has 2 rings (SSSR count). The average molecular weight is 247 g/mol. The normalized spacial score (nSPS) is 12.3. The van der Waals surface area contributed by atoms with E-state index in [1.165, 1.54) is 6.92 Å². The number of nitrogens with zero attached hydrogens (tertiary/aromatic N) is 2. The number of imidazole rings is 1. The van der Waals surface area contributed by atoms with Gasteiger partial charge in [-0.25, -0.2) is 4.98 Å². The Balaban J connectivity index is 2.33. The summed E-state index contributed by atoms with van der Waals surface area (Å²) in [6, 6.07) is 4.90. The zero-order valence-corrected chi connectivity index (χ0v) is 9.83. The van der Waals surface area contributed by atoms with Crippen LogP contribution in [0, 0.1) is 0 Å². The summed E-state index contributed by atoms with van der Waals surface area (Å²) >= 11 is 0. The van der Waals surface area contributed by atoms with Crippen molar-refractivity contribution in [2.24, 2.45) is 0 Å². The summed E-state index contributed by atoms with van der Waals surface area (Å²) in [7, 11) is 0. The van der Waals surface area contributed by atoms with Gasteiger partial charge in [-0.05, 0) is 12.1 Å². The molecule has 0 aliphatic carbocycles. The van der Waals surface area contributed by atoms with Gasteiger partial charge in [0, 0.05) is 19.3 Å². The Morgan fingerprint density at radius 3 is 2.89 bits per heavy atom. The van der Waals surface area contributed by atoms with Crippen LogP contribution in [0.5, 0.6) is 0 Å². The first-order valence-electron chi connectivity index (χ1n) is 5.49. The quantitative estimate of drug-likeness (QED) is 0.843. The van der Waals surface area contributed by atoms with Crippen molar-refractivity contribution in [2.45, 2.75) is 19.4 Å². The topological polar surface area (TPSA) is 83.7 Å². The zero-order chi connectivity index (χ0) is 13.1. The SMILES string of the molecule is CC(=O)N[C@@H](CC(=O)O)c1cn2ccccc2n1. The van der Waals surface area contributed by atoms with Crippen LogP contribution in [0.25, 0.3) is 5.65 Å². The maximum absolute atomic E-state index is 11.1. The summed E-state index contributed by atoms with van der Waals surface area (Å²) in [4.78, 5) is 26.2. The molecule has 0 spiro atoms. The Kier molecular flexibility index (Phi) is 3.27. The van der Waals surface area contributed by atoms with E-state index in [1.54, 1.807) is 10.6 Å². The molecule has 6 heteroatoms. The van der Waals surface area contributed by atoms with E-state index in [2.05, 4.69) is 10.3 Å². The van der Waals surface area contributed by atoms with Crippen molar-refractivity contribution >= 4 is 17.5 Å². The predicted octanol–water partition coefficient (Wildman–Crippen LogP) is 0.986. The van der Waals surface area contributed by atoms with Gasteiger partial charge in [-0.15, -0.1) is 0 Å². The largest absolute Gasteiger partial charge is 0.481 e. The molecule has 0 unspecified atom stereocenters. The molecule has 2 aromatic heterocycles. The van der Waals surface area contributed by atoms with E-state index in [0.29, 0.717) is 11.3 Å². The molecule has 2 heterocycles. The van der Waals surface area contributed by atoms with Gasteiger partial charge in [0.15, 0.2) is 0 Å². The van der Waals surface area contributed by atoms with Crippen LogP contribution in [-0.2, 0) is 9.59 Å². The molecule has 0 fully saturated rings. The number of carboxylic acids is 1. The molecule has 0 radical (unpaired) electrons. The minimum Gasteiger partial charge on any atom is -0.481 e. The predicted molar refractivity (Wildman–Crippen MR) is 64.0 cm³/mol. The van der Waals surface area contributed by atoms with Crippen molar-refractivity contribution in [3.63, 3.8) is 0 Å². The Morgan fingerprint density at radius 2 is 2.28 bits per heavy atom. The smallest absolute Gasteiger partial charge is 0.305 e. The number of aliphatic carboxylic acids is 1. The Morgan fingerprint density at radius 1 is 1.50 bits per heavy atom. The van der Waals surface area contributed by atoms with E-state index in [4.69, 9.17) is 5.11 Å². The summed E-state index contributed by atoms with van der Waals surface area (Å²) in [6.45, 7) is 1.35. The van der Waals surface area contributed by atoms with Crippen molar-refractivity contribution in [1.82, 2.24) is 14.7 Å². The van der Waals surface area contributed by atoms with Gasteiger partial charge < -0.3 is 14.8 Å². The van der Waals surface area contributed by atoms with Gasteiger partial charge in [0.1, 0.15) is 5.65 Å². The molecule has 6 nitrogen and oxygen atoms in total. The highest BCUT2D eigenvalue weighted by Gasteiger charge is 2.19. The molecule has 0 aliphatic rings. The van der Waals surface area contributed by atoms with Crippen LogP contribution in [0.4, 0.5) is 0 Å². The van der Waals surface area contributed by atoms with Gasteiger partial charge in [0.25, 0.3) is 0 Å². The van der Waals surface area contributed by atoms with Crippen LogP contribution >= 0.6 is 0 Å². The highest BCUT2D eigenvalue weighted by atomic mass is 16.4. The van der Waals surface area contributed by atoms with Gasteiger partial charge in [-0.3, -0.25) is 9.59 Å². The number of aromatic nitrogens is 2. The molecule has 2 aromatic rings. The lowest BCUT2D eigenvalue weighted by atomic mass is 10.1. The molecule has 1 amide bonds. The van der Waals surface area contributed by atoms with E-state index in [1.807, 2.05) is 24.4 Å². The summed E-state index contributed by atoms with van der Waals surface area (Å²) in [5, 5.41) is 11.4. The molecular formula is C12H13N3O3. The maximum atomic E-state index is 11.1. The van der Waals surface area contributed by atoms with Gasteiger partial charge in [-0.2, -0.15) is 0 Å². The van der Waals surface area contributed by atoms with E-state index in [-0.39, 0.29) is 12.3 Å². The standard InChI is InChI=1S/C12H13N3O3/c1-8(16)13-9(6-12(17)18)10-7-15-5-3-2-4-11(15)14-10/h2-5,7,9H,6H2,1H3,(H,13,16)(H,17,18)/t9-/m0/s1. The first-order valence-corrected chi connectivity index (χ1v) is 5.49. The highest BCUT2D eigenvalue weighted by molar-refractivity contribution is 5.75. The number of fused-ring (bicyclic) bond motifs is 1. The molecular weight excluding hydrogens is 234 g/mol. The summed E-state index contributed by atoms with van der Waals surface area (Å²) in [5.41, 5.74) is 1.26. The Hall–Kier alpha value is -2.37. The first kappa shape index (κ1) is 12.1. The second-order valence-electron chi connectivity index (χ2n) is 3.98. The van der Waals surface area contributed by atoms with Crippen molar-refractivity contribution in [3.8, 4) is 0 Å². The molecule has 18 heavy (non-hydrogen) atoms. The van der Waals surface area contributed by atoms with Crippen LogP contribution in [0.1, 0.15) is 25.1 Å². The molecule has 0 bridgehead atoms. The number of hydrogen-bond acceptors (Lipinski definition) is 3. The molecule has 0 saturated heterocycles. The van der Waals surface area contributed by atoms with E-state index in [0.717, 1.165) is 0 Å². The second kappa shape index (κ2) is 4.87. The summed E-state index contributed by atoms with van der Waals surface area (Å²) < 4.78 is 1.78. The Bertz CT molecular complexity index is 542. The van der Waals surface area contributed by atoms with Gasteiger partial charge >= 0.3 is 5.97 Å². The number of rotatable bonds is 4. The fourth-order valence-electron chi connectivity index (χ4n) is 1.77. The molecule has 0 aliphatic heterocycles. The minimum absolute atomic E-state index is 0.191. The zero-order valence-electron chi connectivity index (χ0n) is 9.83. The van der Waals surface area contributed by atoms with Crippen LogP contribution in [0.15, 0.2) is 30.6 Å². The van der Waals surface area contributed by atoms with Crippen LogP contribution in [-0.4, -0.2) is 26.4 Å².